The van der Waals surface area contributed by atoms with Crippen molar-refractivity contribution in [1.82, 2.24) is 0 Å². The van der Waals surface area contributed by atoms with Crippen LogP contribution in [0.5, 0.6) is 5.75 Å². The van der Waals surface area contributed by atoms with E-state index in [2.05, 4.69) is 5.32 Å². The predicted molar refractivity (Wildman–Crippen MR) is 103 cm³/mol. The summed E-state index contributed by atoms with van der Waals surface area (Å²) in [5, 5.41) is 13.6. The first kappa shape index (κ1) is 20.0. The first-order chi connectivity index (χ1) is 11.9. The molecule has 134 valence electrons. The number of unbranched alkanes of at least 4 members (excludes halogenated alkanes) is 1. The van der Waals surface area contributed by atoms with E-state index in [9.17, 15) is 9.90 Å². The zero-order chi connectivity index (χ0) is 18.4. The molecule has 25 heavy (non-hydrogen) atoms. The fourth-order valence-corrected chi connectivity index (χ4v) is 3.05. The van der Waals surface area contributed by atoms with Gasteiger partial charge in [-0.1, -0.05) is 52.5 Å². The Morgan fingerprint density at radius 2 is 1.84 bits per heavy atom. The fourth-order valence-electron chi connectivity index (χ4n) is 2.14. The topological polar surface area (TPSA) is 58.6 Å². The summed E-state index contributed by atoms with van der Waals surface area (Å²) in [6.45, 7) is 0.996. The Morgan fingerprint density at radius 3 is 2.56 bits per heavy atom. The highest BCUT2D eigenvalue weighted by atomic mass is 35.5. The zero-order valence-electron chi connectivity index (χ0n) is 13.0. The number of benzene rings is 2. The molecule has 0 aliphatic rings. The summed E-state index contributed by atoms with van der Waals surface area (Å²) >= 11 is 23.9. The van der Waals surface area contributed by atoms with Gasteiger partial charge < -0.3 is 15.2 Å². The second-order valence-electron chi connectivity index (χ2n) is 5.15. The van der Waals surface area contributed by atoms with Crippen LogP contribution in [-0.2, 0) is 0 Å². The molecule has 2 aromatic carbocycles. The number of hydrogen-bond acceptors (Lipinski definition) is 3. The van der Waals surface area contributed by atoms with Gasteiger partial charge in [-0.25, -0.2) is 4.79 Å². The summed E-state index contributed by atoms with van der Waals surface area (Å²) in [5.74, 6) is -0.554. The fraction of sp³-hybridized carbons (Fsp3) is 0.235. The first-order valence-electron chi connectivity index (χ1n) is 7.43. The van der Waals surface area contributed by atoms with Crippen molar-refractivity contribution in [3.8, 4) is 5.75 Å². The van der Waals surface area contributed by atoms with Crippen LogP contribution in [0, 0.1) is 0 Å². The Hall–Kier alpha value is -1.33. The predicted octanol–water partition coefficient (Wildman–Crippen LogP) is 6.27. The van der Waals surface area contributed by atoms with Crippen LogP contribution >= 0.6 is 46.4 Å². The molecule has 0 aliphatic carbocycles. The molecule has 0 spiro atoms. The molecule has 8 heteroatoms. The van der Waals surface area contributed by atoms with E-state index in [1.165, 1.54) is 12.1 Å². The maximum atomic E-state index is 11.3. The number of carboxylic acid groups (broad SMARTS) is 1. The van der Waals surface area contributed by atoms with Gasteiger partial charge in [0.2, 0.25) is 0 Å². The molecule has 0 amide bonds. The summed E-state index contributed by atoms with van der Waals surface area (Å²) in [4.78, 5) is 11.3. The van der Waals surface area contributed by atoms with Crippen LogP contribution in [0.4, 0.5) is 5.69 Å². The van der Waals surface area contributed by atoms with Crippen molar-refractivity contribution >= 4 is 58.1 Å². The van der Waals surface area contributed by atoms with Gasteiger partial charge in [0.25, 0.3) is 0 Å². The van der Waals surface area contributed by atoms with Crippen LogP contribution in [0.1, 0.15) is 23.2 Å². The van der Waals surface area contributed by atoms with Crippen LogP contribution in [0.3, 0.4) is 0 Å². The average molecular weight is 423 g/mol. The minimum Gasteiger partial charge on any atom is -0.492 e. The molecule has 0 heterocycles. The van der Waals surface area contributed by atoms with Crippen molar-refractivity contribution in [3.05, 3.63) is 56.0 Å². The molecule has 0 atom stereocenters. The molecule has 2 N–H and O–H groups in total. The van der Waals surface area contributed by atoms with Gasteiger partial charge in [-0.3, -0.25) is 0 Å². The molecule has 4 nitrogen and oxygen atoms in total. The number of nitrogens with one attached hydrogen (secondary N) is 1. The standard InChI is InChI=1S/C17H15Cl4NO3/c18-10-8-11(17(23)24)16(13(20)9-10)22-6-1-2-7-25-14-5-3-4-12(19)15(14)21/h3-5,8-9,22H,1-2,6-7H2,(H,23,24). The second kappa shape index (κ2) is 9.39. The van der Waals surface area contributed by atoms with E-state index in [1.54, 1.807) is 18.2 Å². The molecule has 0 bridgehead atoms. The minimum atomic E-state index is -1.09. The normalized spacial score (nSPS) is 10.6. The smallest absolute Gasteiger partial charge is 0.337 e. The zero-order valence-corrected chi connectivity index (χ0v) is 16.0. The molecule has 0 saturated carbocycles. The first-order valence-corrected chi connectivity index (χ1v) is 8.94. The van der Waals surface area contributed by atoms with Crippen molar-refractivity contribution in [2.24, 2.45) is 0 Å². The molecule has 2 aromatic rings. The van der Waals surface area contributed by atoms with Gasteiger partial charge in [-0.05, 0) is 37.1 Å². The number of rotatable bonds is 8. The quantitative estimate of drug-likeness (QED) is 0.492. The molecular formula is C17H15Cl4NO3. The van der Waals surface area contributed by atoms with Gasteiger partial charge >= 0.3 is 5.97 Å². The highest BCUT2D eigenvalue weighted by Crippen LogP contribution is 2.32. The third-order valence-electron chi connectivity index (χ3n) is 3.33. The maximum Gasteiger partial charge on any atom is 0.337 e. The van der Waals surface area contributed by atoms with Gasteiger partial charge in [-0.2, -0.15) is 0 Å². The van der Waals surface area contributed by atoms with Gasteiger partial charge in [-0.15, -0.1) is 0 Å². The minimum absolute atomic E-state index is 0.0412. The largest absolute Gasteiger partial charge is 0.492 e. The molecule has 2 rings (SSSR count). The Labute approximate surface area is 165 Å². The second-order valence-corrected chi connectivity index (χ2v) is 6.78. The number of aromatic carboxylic acids is 1. The van der Waals surface area contributed by atoms with Gasteiger partial charge in [0.05, 0.1) is 27.9 Å². The van der Waals surface area contributed by atoms with Crippen molar-refractivity contribution in [2.75, 3.05) is 18.5 Å². The molecule has 0 aromatic heterocycles. The van der Waals surface area contributed by atoms with E-state index >= 15 is 0 Å². The molecule has 0 fully saturated rings. The third kappa shape index (κ3) is 5.58. The van der Waals surface area contributed by atoms with E-state index in [-0.39, 0.29) is 15.6 Å². The lowest BCUT2D eigenvalue weighted by Gasteiger charge is -2.12. The Balaban J connectivity index is 1.82. The van der Waals surface area contributed by atoms with E-state index in [4.69, 9.17) is 51.1 Å². The van der Waals surface area contributed by atoms with Crippen LogP contribution in [0.15, 0.2) is 30.3 Å². The monoisotopic (exact) mass is 421 g/mol. The van der Waals surface area contributed by atoms with Crippen molar-refractivity contribution in [2.45, 2.75) is 12.8 Å². The van der Waals surface area contributed by atoms with E-state index in [0.717, 1.165) is 12.8 Å². The highest BCUT2D eigenvalue weighted by molar-refractivity contribution is 6.42. The number of anilines is 1. The lowest BCUT2D eigenvalue weighted by molar-refractivity contribution is 0.0698. The lowest BCUT2D eigenvalue weighted by Crippen LogP contribution is -2.09. The summed E-state index contributed by atoms with van der Waals surface area (Å²) < 4.78 is 5.59. The number of ether oxygens (including phenoxy) is 1. The van der Waals surface area contributed by atoms with Gasteiger partial charge in [0.1, 0.15) is 10.8 Å². The SMILES string of the molecule is O=C(O)c1cc(Cl)cc(Cl)c1NCCCCOc1cccc(Cl)c1Cl. The number of halogens is 4. The Bertz CT molecular complexity index is 768. The van der Waals surface area contributed by atoms with E-state index in [1.807, 2.05) is 0 Å². The van der Waals surface area contributed by atoms with Crippen LogP contribution < -0.4 is 10.1 Å². The molecule has 0 unspecified atom stereocenters. The Morgan fingerprint density at radius 1 is 1.08 bits per heavy atom. The molecule has 0 saturated heterocycles. The van der Waals surface area contributed by atoms with Gasteiger partial charge in [0, 0.05) is 11.6 Å². The summed E-state index contributed by atoms with van der Waals surface area (Å²) in [7, 11) is 0. The van der Waals surface area contributed by atoms with E-state index < -0.39 is 5.97 Å². The van der Waals surface area contributed by atoms with Crippen LogP contribution in [0.25, 0.3) is 0 Å². The number of hydrogen-bond donors (Lipinski definition) is 2. The summed E-state index contributed by atoms with van der Waals surface area (Å²) in [6.07, 6.45) is 1.49. The van der Waals surface area contributed by atoms with Crippen molar-refractivity contribution < 1.29 is 14.6 Å². The molecular weight excluding hydrogens is 408 g/mol. The average Bonchev–Trinajstić information content (AvgIpc) is 2.55. The van der Waals surface area contributed by atoms with Crippen LogP contribution in [-0.4, -0.2) is 24.2 Å². The van der Waals surface area contributed by atoms with Crippen molar-refractivity contribution in [1.29, 1.82) is 0 Å². The summed E-state index contributed by atoms with van der Waals surface area (Å²) in [5.41, 5.74) is 0.400. The van der Waals surface area contributed by atoms with Crippen LogP contribution in [0.2, 0.25) is 20.1 Å². The Kier molecular flexibility index (Phi) is 7.51. The maximum absolute atomic E-state index is 11.3. The van der Waals surface area contributed by atoms with Crippen molar-refractivity contribution in [3.63, 3.8) is 0 Å². The highest BCUT2D eigenvalue weighted by Gasteiger charge is 2.14. The van der Waals surface area contributed by atoms with E-state index in [0.29, 0.717) is 34.6 Å². The lowest BCUT2D eigenvalue weighted by atomic mass is 10.1. The summed E-state index contributed by atoms with van der Waals surface area (Å²) in [6, 6.07) is 8.07. The number of carbonyl (C=O) groups is 1. The van der Waals surface area contributed by atoms with Gasteiger partial charge in [0.15, 0.2) is 0 Å². The molecule has 0 radical (unpaired) electrons. The molecule has 0 aliphatic heterocycles. The third-order valence-corrected chi connectivity index (χ3v) is 4.65. The number of carboxylic acids is 1.